The first-order valence-corrected chi connectivity index (χ1v) is 6.94. The van der Waals surface area contributed by atoms with Crippen molar-refractivity contribution in [3.63, 3.8) is 0 Å². The molecule has 0 saturated heterocycles. The molecule has 0 atom stereocenters. The van der Waals surface area contributed by atoms with E-state index in [4.69, 9.17) is 12.2 Å². The molecule has 2 aromatic carbocycles. The SMILES string of the molecule is O=C(CCc1ccccc1)NC(=S)Nc1ccc(F)cc1. The van der Waals surface area contributed by atoms with Gasteiger partial charge in [-0.15, -0.1) is 0 Å². The van der Waals surface area contributed by atoms with Crippen LogP contribution >= 0.6 is 12.2 Å². The maximum Gasteiger partial charge on any atom is 0.226 e. The van der Waals surface area contributed by atoms with Crippen molar-refractivity contribution < 1.29 is 9.18 Å². The number of anilines is 1. The topological polar surface area (TPSA) is 41.1 Å². The summed E-state index contributed by atoms with van der Waals surface area (Å²) in [6.45, 7) is 0. The lowest BCUT2D eigenvalue weighted by Crippen LogP contribution is -2.34. The van der Waals surface area contributed by atoms with E-state index in [2.05, 4.69) is 10.6 Å². The van der Waals surface area contributed by atoms with E-state index in [0.717, 1.165) is 5.56 Å². The zero-order valence-electron chi connectivity index (χ0n) is 11.3. The third-order valence-electron chi connectivity index (χ3n) is 2.84. The lowest BCUT2D eigenvalue weighted by atomic mass is 10.1. The molecule has 3 nitrogen and oxygen atoms in total. The first kappa shape index (κ1) is 15.1. The maximum atomic E-state index is 12.8. The first-order valence-electron chi connectivity index (χ1n) is 6.54. The van der Waals surface area contributed by atoms with E-state index < -0.39 is 0 Å². The normalized spacial score (nSPS) is 9.95. The van der Waals surface area contributed by atoms with Gasteiger partial charge in [0.05, 0.1) is 0 Å². The summed E-state index contributed by atoms with van der Waals surface area (Å²) >= 11 is 5.04. The summed E-state index contributed by atoms with van der Waals surface area (Å²) in [5.74, 6) is -0.475. The molecule has 0 fully saturated rings. The zero-order chi connectivity index (χ0) is 15.1. The van der Waals surface area contributed by atoms with Crippen LogP contribution in [0.1, 0.15) is 12.0 Å². The Morgan fingerprint density at radius 3 is 2.38 bits per heavy atom. The van der Waals surface area contributed by atoms with Gasteiger partial charge >= 0.3 is 0 Å². The molecule has 108 valence electrons. The first-order chi connectivity index (χ1) is 10.1. The van der Waals surface area contributed by atoms with Crippen molar-refractivity contribution in [2.24, 2.45) is 0 Å². The van der Waals surface area contributed by atoms with Crippen molar-refractivity contribution in [2.45, 2.75) is 12.8 Å². The lowest BCUT2D eigenvalue weighted by Gasteiger charge is -2.09. The minimum absolute atomic E-state index is 0.154. The molecule has 0 bridgehead atoms. The van der Waals surface area contributed by atoms with Gasteiger partial charge in [0.2, 0.25) is 5.91 Å². The Bertz CT molecular complexity index is 614. The molecular weight excluding hydrogens is 287 g/mol. The van der Waals surface area contributed by atoms with E-state index in [1.807, 2.05) is 30.3 Å². The van der Waals surface area contributed by atoms with Gasteiger partial charge in [0.25, 0.3) is 0 Å². The fourth-order valence-electron chi connectivity index (χ4n) is 1.79. The summed E-state index contributed by atoms with van der Waals surface area (Å²) in [6.07, 6.45) is 1.01. The smallest absolute Gasteiger partial charge is 0.226 e. The van der Waals surface area contributed by atoms with E-state index in [9.17, 15) is 9.18 Å². The third-order valence-corrected chi connectivity index (χ3v) is 3.04. The van der Waals surface area contributed by atoms with Gasteiger partial charge in [0, 0.05) is 12.1 Å². The number of hydrogen-bond donors (Lipinski definition) is 2. The summed E-state index contributed by atoms with van der Waals surface area (Å²) in [5.41, 5.74) is 1.73. The lowest BCUT2D eigenvalue weighted by molar-refractivity contribution is -0.119. The zero-order valence-corrected chi connectivity index (χ0v) is 12.1. The number of rotatable bonds is 4. The fraction of sp³-hybridized carbons (Fsp3) is 0.125. The molecule has 2 rings (SSSR count). The van der Waals surface area contributed by atoms with Gasteiger partial charge in [-0.3, -0.25) is 4.79 Å². The van der Waals surface area contributed by atoms with E-state index in [1.165, 1.54) is 12.1 Å². The van der Waals surface area contributed by atoms with E-state index in [1.54, 1.807) is 12.1 Å². The van der Waals surface area contributed by atoms with Gasteiger partial charge in [-0.1, -0.05) is 30.3 Å². The minimum Gasteiger partial charge on any atom is -0.332 e. The summed E-state index contributed by atoms with van der Waals surface area (Å²) in [5, 5.41) is 5.64. The van der Waals surface area contributed by atoms with Gasteiger partial charge < -0.3 is 10.6 Å². The van der Waals surface area contributed by atoms with Crippen molar-refractivity contribution in [1.82, 2.24) is 5.32 Å². The second-order valence-corrected chi connectivity index (χ2v) is 4.90. The highest BCUT2D eigenvalue weighted by atomic mass is 32.1. The van der Waals surface area contributed by atoms with E-state index in [-0.39, 0.29) is 16.8 Å². The van der Waals surface area contributed by atoms with Crippen LogP contribution < -0.4 is 10.6 Å². The number of hydrogen-bond acceptors (Lipinski definition) is 2. The Labute approximate surface area is 128 Å². The van der Waals surface area contributed by atoms with Gasteiger partial charge in [0.1, 0.15) is 5.82 Å². The van der Waals surface area contributed by atoms with Crippen molar-refractivity contribution in [1.29, 1.82) is 0 Å². The third kappa shape index (κ3) is 5.31. The molecule has 2 N–H and O–H groups in total. The largest absolute Gasteiger partial charge is 0.332 e. The molecule has 2 aromatic rings. The van der Waals surface area contributed by atoms with Crippen LogP contribution in [-0.4, -0.2) is 11.0 Å². The molecule has 0 aliphatic heterocycles. The Hall–Kier alpha value is -2.27. The van der Waals surface area contributed by atoms with Crippen molar-refractivity contribution in [3.05, 3.63) is 66.0 Å². The van der Waals surface area contributed by atoms with Crippen LogP contribution in [0.4, 0.5) is 10.1 Å². The highest BCUT2D eigenvalue weighted by Crippen LogP contribution is 2.08. The molecule has 0 saturated carbocycles. The Morgan fingerprint density at radius 1 is 1.05 bits per heavy atom. The van der Waals surface area contributed by atoms with Crippen LogP contribution in [0.2, 0.25) is 0 Å². The van der Waals surface area contributed by atoms with Crippen LogP contribution in [-0.2, 0) is 11.2 Å². The molecule has 0 unspecified atom stereocenters. The van der Waals surface area contributed by atoms with Crippen LogP contribution in [0.5, 0.6) is 0 Å². The summed E-state index contributed by atoms with van der Waals surface area (Å²) in [4.78, 5) is 11.8. The summed E-state index contributed by atoms with van der Waals surface area (Å²) < 4.78 is 12.8. The van der Waals surface area contributed by atoms with Crippen LogP contribution in [0.15, 0.2) is 54.6 Å². The number of carbonyl (C=O) groups is 1. The Kier molecular flexibility index (Phi) is 5.40. The number of aryl methyl sites for hydroxylation is 1. The highest BCUT2D eigenvalue weighted by molar-refractivity contribution is 7.80. The monoisotopic (exact) mass is 302 g/mol. The Morgan fingerprint density at radius 2 is 1.71 bits per heavy atom. The highest BCUT2D eigenvalue weighted by Gasteiger charge is 2.05. The fourth-order valence-corrected chi connectivity index (χ4v) is 2.02. The summed E-state index contributed by atoms with van der Waals surface area (Å²) in [7, 11) is 0. The number of thiocarbonyl (C=S) groups is 1. The van der Waals surface area contributed by atoms with Crippen molar-refractivity contribution in [3.8, 4) is 0 Å². The number of halogens is 1. The van der Waals surface area contributed by atoms with Crippen LogP contribution in [0, 0.1) is 5.82 Å². The van der Waals surface area contributed by atoms with Gasteiger partial charge in [0.15, 0.2) is 5.11 Å². The van der Waals surface area contributed by atoms with Gasteiger partial charge in [-0.2, -0.15) is 0 Å². The second-order valence-electron chi connectivity index (χ2n) is 4.49. The van der Waals surface area contributed by atoms with Crippen LogP contribution in [0.25, 0.3) is 0 Å². The van der Waals surface area contributed by atoms with Gasteiger partial charge in [-0.25, -0.2) is 4.39 Å². The molecule has 0 aliphatic carbocycles. The molecule has 0 aliphatic rings. The molecule has 5 heteroatoms. The number of nitrogens with one attached hydrogen (secondary N) is 2. The number of carbonyl (C=O) groups excluding carboxylic acids is 1. The molecule has 0 aromatic heterocycles. The van der Waals surface area contributed by atoms with Crippen LogP contribution in [0.3, 0.4) is 0 Å². The second kappa shape index (κ2) is 7.50. The Balaban J connectivity index is 1.77. The number of benzene rings is 2. The van der Waals surface area contributed by atoms with Crippen molar-refractivity contribution in [2.75, 3.05) is 5.32 Å². The minimum atomic E-state index is -0.321. The molecular formula is C16H15FN2OS. The molecule has 0 radical (unpaired) electrons. The standard InChI is InChI=1S/C16H15FN2OS/c17-13-7-9-14(10-8-13)18-16(21)19-15(20)11-6-12-4-2-1-3-5-12/h1-5,7-10H,6,11H2,(H2,18,19,20,21). The maximum absolute atomic E-state index is 12.8. The quantitative estimate of drug-likeness (QED) is 0.852. The van der Waals surface area contributed by atoms with E-state index >= 15 is 0 Å². The predicted molar refractivity (Wildman–Crippen MR) is 85.5 cm³/mol. The molecule has 1 amide bonds. The molecule has 21 heavy (non-hydrogen) atoms. The number of amides is 1. The summed E-state index contributed by atoms with van der Waals surface area (Å²) in [6, 6.07) is 15.5. The molecule has 0 spiro atoms. The van der Waals surface area contributed by atoms with Crippen molar-refractivity contribution >= 4 is 28.9 Å². The average molecular weight is 302 g/mol. The van der Waals surface area contributed by atoms with E-state index in [0.29, 0.717) is 18.5 Å². The average Bonchev–Trinajstić information content (AvgIpc) is 2.48. The molecule has 0 heterocycles. The van der Waals surface area contributed by atoms with Gasteiger partial charge in [-0.05, 0) is 48.5 Å². The predicted octanol–water partition coefficient (Wildman–Crippen LogP) is 3.27.